The monoisotopic (exact) mass is 574 g/mol. The highest BCUT2D eigenvalue weighted by Crippen LogP contribution is 2.31. The van der Waals surface area contributed by atoms with Crippen LogP contribution in [-0.4, -0.2) is 66.7 Å². The summed E-state index contributed by atoms with van der Waals surface area (Å²) in [6, 6.07) is 17.6. The molecule has 3 aromatic carbocycles. The van der Waals surface area contributed by atoms with Gasteiger partial charge in [-0.3, -0.25) is 9.69 Å². The maximum Gasteiger partial charge on any atom is 0.573 e. The molecule has 1 atom stereocenters. The molecule has 5 rings (SSSR count). The van der Waals surface area contributed by atoms with Crippen molar-refractivity contribution in [2.45, 2.75) is 37.7 Å². The Bertz CT molecular complexity index is 1640. The van der Waals surface area contributed by atoms with Crippen LogP contribution in [0, 0.1) is 0 Å². The second kappa shape index (κ2) is 10.8. The van der Waals surface area contributed by atoms with E-state index in [-0.39, 0.29) is 23.9 Å². The molecule has 1 fully saturated rings. The van der Waals surface area contributed by atoms with E-state index in [1.54, 1.807) is 6.92 Å². The van der Waals surface area contributed by atoms with Crippen molar-refractivity contribution in [3.05, 3.63) is 66.7 Å². The largest absolute Gasteiger partial charge is 0.573 e. The molecular formula is C28H29F3N4O4S. The molecule has 2 heterocycles. The van der Waals surface area contributed by atoms with Crippen LogP contribution in [0.3, 0.4) is 0 Å². The lowest BCUT2D eigenvalue weighted by Crippen LogP contribution is -2.53. The van der Waals surface area contributed by atoms with E-state index in [1.807, 2.05) is 35.2 Å². The molecule has 0 saturated carbocycles. The molecule has 0 radical (unpaired) electrons. The van der Waals surface area contributed by atoms with Crippen LogP contribution in [0.4, 0.5) is 18.9 Å². The molecule has 1 aliphatic heterocycles. The Hall–Kier alpha value is -3.61. The number of nitrogens with one attached hydrogen (secondary N) is 1. The number of hydrogen-bond acceptors (Lipinski definition) is 5. The Kier molecular flexibility index (Phi) is 7.51. The number of fused-ring (bicyclic) bond motifs is 3. The maximum atomic E-state index is 13.1. The summed E-state index contributed by atoms with van der Waals surface area (Å²) in [6.07, 6.45) is -4.86. The van der Waals surface area contributed by atoms with Gasteiger partial charge in [0, 0.05) is 60.2 Å². The van der Waals surface area contributed by atoms with Crippen molar-refractivity contribution >= 4 is 43.4 Å². The molecule has 1 amide bonds. The summed E-state index contributed by atoms with van der Waals surface area (Å²) in [5.74, 6) is -0.693. The molecule has 212 valence electrons. The van der Waals surface area contributed by atoms with Crippen molar-refractivity contribution in [3.63, 3.8) is 0 Å². The highest BCUT2D eigenvalue weighted by Gasteiger charge is 2.33. The highest BCUT2D eigenvalue weighted by molar-refractivity contribution is 7.89. The molecular weight excluding hydrogens is 545 g/mol. The third-order valence-corrected chi connectivity index (χ3v) is 9.16. The maximum absolute atomic E-state index is 13.1. The fourth-order valence-corrected chi connectivity index (χ4v) is 6.60. The minimum absolute atomic E-state index is 0.124. The number of carbonyl (C=O) groups is 1. The number of aryl methyl sites for hydroxylation is 1. The van der Waals surface area contributed by atoms with Crippen molar-refractivity contribution < 1.29 is 31.1 Å². The van der Waals surface area contributed by atoms with Crippen LogP contribution in [0.25, 0.3) is 21.8 Å². The van der Waals surface area contributed by atoms with Gasteiger partial charge in [-0.15, -0.1) is 13.2 Å². The molecule has 4 aromatic rings. The minimum Gasteiger partial charge on any atom is -0.406 e. The Morgan fingerprint density at radius 1 is 0.950 bits per heavy atom. The number of aromatic nitrogens is 1. The number of anilines is 1. The SMILES string of the molecule is CCn1c2ccccc2c2cc(NC(=O)[C@@H](C)N3CCN(S(=O)(=O)c4ccc(OC(F)(F)F)cc4)CC3)ccc21. The van der Waals surface area contributed by atoms with Crippen LogP contribution < -0.4 is 10.1 Å². The number of piperazine rings is 1. The first-order valence-electron chi connectivity index (χ1n) is 12.9. The fourth-order valence-electron chi connectivity index (χ4n) is 5.18. The number of para-hydroxylation sites is 1. The Labute approximate surface area is 230 Å². The molecule has 0 aliphatic carbocycles. The normalized spacial score (nSPS) is 16.3. The standard InChI is InChI=1S/C28H29F3N4O4S/c1-3-35-25-7-5-4-6-23(25)24-18-20(8-13-26(24)35)32-27(36)19(2)33-14-16-34(17-15-33)40(37,38)22-11-9-21(10-12-22)39-28(29,30)31/h4-13,18-19H,3,14-17H2,1-2H3,(H,32,36)/t19-/m1/s1. The van der Waals surface area contributed by atoms with Gasteiger partial charge in [0.15, 0.2) is 0 Å². The van der Waals surface area contributed by atoms with Gasteiger partial charge in [-0.2, -0.15) is 4.31 Å². The van der Waals surface area contributed by atoms with E-state index in [9.17, 15) is 26.4 Å². The van der Waals surface area contributed by atoms with E-state index < -0.39 is 28.2 Å². The Balaban J connectivity index is 1.22. The molecule has 8 nitrogen and oxygen atoms in total. The lowest BCUT2D eigenvalue weighted by atomic mass is 10.1. The highest BCUT2D eigenvalue weighted by atomic mass is 32.2. The van der Waals surface area contributed by atoms with Gasteiger partial charge < -0.3 is 14.6 Å². The van der Waals surface area contributed by atoms with E-state index >= 15 is 0 Å². The quantitative estimate of drug-likeness (QED) is 0.334. The lowest BCUT2D eigenvalue weighted by Gasteiger charge is -2.36. The number of ether oxygens (including phenoxy) is 1. The number of amides is 1. The van der Waals surface area contributed by atoms with Crippen LogP contribution in [0.1, 0.15) is 13.8 Å². The van der Waals surface area contributed by atoms with Crippen molar-refractivity contribution in [1.82, 2.24) is 13.8 Å². The van der Waals surface area contributed by atoms with Crippen LogP contribution >= 0.6 is 0 Å². The van der Waals surface area contributed by atoms with Gasteiger partial charge in [-0.05, 0) is 62.4 Å². The summed E-state index contributed by atoms with van der Waals surface area (Å²) in [6.45, 7) is 5.63. The van der Waals surface area contributed by atoms with Crippen molar-refractivity contribution in [3.8, 4) is 5.75 Å². The van der Waals surface area contributed by atoms with Gasteiger partial charge in [0.1, 0.15) is 5.75 Å². The van der Waals surface area contributed by atoms with Gasteiger partial charge in [0.25, 0.3) is 0 Å². The Morgan fingerprint density at radius 3 is 2.25 bits per heavy atom. The first kappa shape index (κ1) is 27.9. The summed E-state index contributed by atoms with van der Waals surface area (Å²) >= 11 is 0. The molecule has 40 heavy (non-hydrogen) atoms. The topological polar surface area (TPSA) is 83.9 Å². The summed E-state index contributed by atoms with van der Waals surface area (Å²) in [5.41, 5.74) is 2.91. The predicted octanol–water partition coefficient (Wildman–Crippen LogP) is 5.05. The zero-order chi connectivity index (χ0) is 28.7. The van der Waals surface area contributed by atoms with Crippen LogP contribution in [-0.2, 0) is 21.4 Å². The summed E-state index contributed by atoms with van der Waals surface area (Å²) in [4.78, 5) is 14.9. The number of hydrogen-bond donors (Lipinski definition) is 1. The molecule has 1 aromatic heterocycles. The third-order valence-electron chi connectivity index (χ3n) is 7.25. The number of carbonyl (C=O) groups excluding carboxylic acids is 1. The number of rotatable bonds is 7. The molecule has 1 N–H and O–H groups in total. The average Bonchev–Trinajstić information content (AvgIpc) is 3.25. The Morgan fingerprint density at radius 2 is 1.60 bits per heavy atom. The summed E-state index contributed by atoms with van der Waals surface area (Å²) < 4.78 is 70.6. The summed E-state index contributed by atoms with van der Waals surface area (Å²) in [5, 5.41) is 5.17. The number of alkyl halides is 3. The van der Waals surface area contributed by atoms with Crippen molar-refractivity contribution in [2.75, 3.05) is 31.5 Å². The van der Waals surface area contributed by atoms with E-state index in [1.165, 1.54) is 4.31 Å². The summed E-state index contributed by atoms with van der Waals surface area (Å²) in [7, 11) is -3.91. The third kappa shape index (κ3) is 5.51. The predicted molar refractivity (Wildman–Crippen MR) is 147 cm³/mol. The van der Waals surface area contributed by atoms with Gasteiger partial charge in [-0.1, -0.05) is 18.2 Å². The molecule has 0 spiro atoms. The van der Waals surface area contributed by atoms with Crippen LogP contribution in [0.2, 0.25) is 0 Å². The van der Waals surface area contributed by atoms with E-state index in [4.69, 9.17) is 0 Å². The second-order valence-corrected chi connectivity index (χ2v) is 11.6. The van der Waals surface area contributed by atoms with Crippen LogP contribution in [0.5, 0.6) is 5.75 Å². The van der Waals surface area contributed by atoms with Crippen molar-refractivity contribution in [1.29, 1.82) is 0 Å². The molecule has 0 bridgehead atoms. The van der Waals surface area contributed by atoms with Crippen molar-refractivity contribution in [2.24, 2.45) is 0 Å². The first-order valence-corrected chi connectivity index (χ1v) is 14.3. The minimum atomic E-state index is -4.86. The van der Waals surface area contributed by atoms with Crippen LogP contribution in [0.15, 0.2) is 71.6 Å². The van der Waals surface area contributed by atoms with E-state index in [0.717, 1.165) is 52.6 Å². The lowest BCUT2D eigenvalue weighted by molar-refractivity contribution is -0.274. The molecule has 1 saturated heterocycles. The first-order chi connectivity index (χ1) is 19.0. The average molecular weight is 575 g/mol. The number of sulfonamides is 1. The number of benzene rings is 3. The van der Waals surface area contributed by atoms with Gasteiger partial charge in [0.05, 0.1) is 10.9 Å². The number of halogens is 3. The zero-order valence-electron chi connectivity index (χ0n) is 22.0. The molecule has 1 aliphatic rings. The number of nitrogens with zero attached hydrogens (tertiary/aromatic N) is 3. The smallest absolute Gasteiger partial charge is 0.406 e. The molecule has 0 unspecified atom stereocenters. The molecule has 12 heteroatoms. The van der Waals surface area contributed by atoms with Gasteiger partial charge in [-0.25, -0.2) is 8.42 Å². The van der Waals surface area contributed by atoms with E-state index in [2.05, 4.69) is 33.7 Å². The zero-order valence-corrected chi connectivity index (χ0v) is 22.8. The van der Waals surface area contributed by atoms with E-state index in [0.29, 0.717) is 18.8 Å². The fraction of sp³-hybridized carbons (Fsp3) is 0.321. The second-order valence-electron chi connectivity index (χ2n) is 9.62. The van der Waals surface area contributed by atoms with Gasteiger partial charge >= 0.3 is 6.36 Å². The van der Waals surface area contributed by atoms with Gasteiger partial charge in [0.2, 0.25) is 15.9 Å².